The Morgan fingerprint density at radius 1 is 1.07 bits per heavy atom. The Hall–Kier alpha value is -4.49. The summed E-state index contributed by atoms with van der Waals surface area (Å²) in [5, 5.41) is 35.3. The maximum absolute atomic E-state index is 13.1. The molecule has 45 heavy (non-hydrogen) atoms. The van der Waals surface area contributed by atoms with Gasteiger partial charge in [-0.15, -0.1) is 5.10 Å². The second kappa shape index (κ2) is 13.7. The topological polar surface area (TPSA) is 135 Å². The highest BCUT2D eigenvalue weighted by molar-refractivity contribution is 5.94. The molecular formula is C35H45N9O. The van der Waals surface area contributed by atoms with E-state index in [-0.39, 0.29) is 24.0 Å². The Morgan fingerprint density at radius 3 is 2.36 bits per heavy atom. The van der Waals surface area contributed by atoms with Gasteiger partial charge >= 0.3 is 0 Å². The van der Waals surface area contributed by atoms with Crippen molar-refractivity contribution in [3.8, 4) is 6.07 Å². The van der Waals surface area contributed by atoms with E-state index in [1.54, 1.807) is 0 Å². The molecule has 1 saturated heterocycles. The van der Waals surface area contributed by atoms with Crippen molar-refractivity contribution in [2.75, 3.05) is 19.6 Å². The van der Waals surface area contributed by atoms with Crippen molar-refractivity contribution < 1.29 is 4.79 Å². The highest BCUT2D eigenvalue weighted by Gasteiger charge is 2.44. The maximum atomic E-state index is 13.1. The summed E-state index contributed by atoms with van der Waals surface area (Å²) in [7, 11) is 0. The predicted molar refractivity (Wildman–Crippen MR) is 176 cm³/mol. The molecule has 2 atom stereocenters. The third-order valence-electron chi connectivity index (χ3n) is 8.85. The van der Waals surface area contributed by atoms with Gasteiger partial charge in [-0.2, -0.15) is 5.26 Å². The summed E-state index contributed by atoms with van der Waals surface area (Å²) in [4.78, 5) is 15.2. The molecule has 3 aromatic rings. The normalized spacial score (nSPS) is 19.0. The van der Waals surface area contributed by atoms with Crippen molar-refractivity contribution in [3.63, 3.8) is 0 Å². The van der Waals surface area contributed by atoms with E-state index < -0.39 is 5.41 Å². The van der Waals surface area contributed by atoms with Gasteiger partial charge in [0.2, 0.25) is 0 Å². The summed E-state index contributed by atoms with van der Waals surface area (Å²) in [6, 6.07) is 15.2. The molecule has 0 bridgehead atoms. The zero-order chi connectivity index (χ0) is 32.1. The summed E-state index contributed by atoms with van der Waals surface area (Å²) in [6.45, 7) is 18.8. The molecule has 10 heteroatoms. The summed E-state index contributed by atoms with van der Waals surface area (Å²) >= 11 is 0. The summed E-state index contributed by atoms with van der Waals surface area (Å²) in [5.74, 6) is 0.570. The minimum absolute atomic E-state index is 0.0377. The third kappa shape index (κ3) is 6.64. The van der Waals surface area contributed by atoms with Gasteiger partial charge in [0.15, 0.2) is 5.82 Å². The molecule has 1 amide bonds. The van der Waals surface area contributed by atoms with Crippen LogP contribution < -0.4 is 16.0 Å². The zero-order valence-electron chi connectivity index (χ0n) is 26.9. The quantitative estimate of drug-likeness (QED) is 0.225. The second-order valence-corrected chi connectivity index (χ2v) is 12.8. The van der Waals surface area contributed by atoms with Gasteiger partial charge in [-0.1, -0.05) is 31.4 Å². The fraction of sp³-hybridized carbons (Fsp3) is 0.457. The van der Waals surface area contributed by atoms with E-state index in [2.05, 4.69) is 98.8 Å². The van der Waals surface area contributed by atoms with Crippen LogP contribution in [0.2, 0.25) is 0 Å². The van der Waals surface area contributed by atoms with Gasteiger partial charge in [-0.25, -0.2) is 5.10 Å². The van der Waals surface area contributed by atoms with Crippen molar-refractivity contribution in [3.05, 3.63) is 94.5 Å². The molecule has 2 unspecified atom stereocenters. The van der Waals surface area contributed by atoms with E-state index in [1.165, 1.54) is 5.56 Å². The molecule has 1 aromatic heterocycles. The lowest BCUT2D eigenvalue weighted by Crippen LogP contribution is -2.38. The van der Waals surface area contributed by atoms with Crippen molar-refractivity contribution in [1.82, 2.24) is 41.5 Å². The van der Waals surface area contributed by atoms with Crippen molar-refractivity contribution in [2.24, 2.45) is 0 Å². The number of amides is 1. The fourth-order valence-corrected chi connectivity index (χ4v) is 6.83. The number of nitrogens with one attached hydrogen (secondary N) is 4. The largest absolute Gasteiger partial charge is 0.383 e. The van der Waals surface area contributed by atoms with Gasteiger partial charge in [0.25, 0.3) is 5.91 Å². The number of aromatic nitrogens is 4. The smallest absolute Gasteiger partial charge is 0.251 e. The number of benzene rings is 2. The first-order valence-electron chi connectivity index (χ1n) is 16.0. The number of aromatic amines is 1. The number of carbonyl (C=O) groups is 1. The van der Waals surface area contributed by atoms with Crippen LogP contribution in [0.1, 0.15) is 91.0 Å². The van der Waals surface area contributed by atoms with E-state index in [1.807, 2.05) is 26.0 Å². The summed E-state index contributed by atoms with van der Waals surface area (Å²) < 4.78 is 0. The minimum atomic E-state index is -0.708. The average Bonchev–Trinajstić information content (AvgIpc) is 3.70. The van der Waals surface area contributed by atoms with Gasteiger partial charge in [0.1, 0.15) is 6.04 Å². The summed E-state index contributed by atoms with van der Waals surface area (Å²) in [5.41, 5.74) is 7.28. The predicted octanol–water partition coefficient (Wildman–Crippen LogP) is 4.22. The van der Waals surface area contributed by atoms with Crippen LogP contribution in [0, 0.1) is 11.3 Å². The van der Waals surface area contributed by atoms with Crippen LogP contribution in [0.4, 0.5) is 0 Å². The highest BCUT2D eigenvalue weighted by atomic mass is 16.1. The number of hydrogen-bond donors (Lipinski definition) is 4. The van der Waals surface area contributed by atoms with Gasteiger partial charge in [0, 0.05) is 42.1 Å². The molecule has 2 aromatic carbocycles. The summed E-state index contributed by atoms with van der Waals surface area (Å²) in [6.07, 6.45) is 4.09. The first-order valence-corrected chi connectivity index (χ1v) is 16.0. The number of fused-ring (bicyclic) bond motifs is 2. The molecule has 4 N–H and O–H groups in total. The number of rotatable bonds is 12. The van der Waals surface area contributed by atoms with Gasteiger partial charge in [-0.3, -0.25) is 4.79 Å². The van der Waals surface area contributed by atoms with E-state index in [9.17, 15) is 10.1 Å². The van der Waals surface area contributed by atoms with Crippen molar-refractivity contribution in [1.29, 1.82) is 5.26 Å². The number of carbonyl (C=O) groups excluding carboxylic acids is 1. The Kier molecular flexibility index (Phi) is 9.68. The van der Waals surface area contributed by atoms with Gasteiger partial charge in [0.05, 0.1) is 11.5 Å². The van der Waals surface area contributed by atoms with Crippen LogP contribution in [0.25, 0.3) is 5.70 Å². The average molecular weight is 608 g/mol. The number of likely N-dealkylation sites (tertiary alicyclic amines) is 1. The van der Waals surface area contributed by atoms with Gasteiger partial charge < -0.3 is 20.9 Å². The van der Waals surface area contributed by atoms with E-state index in [0.717, 1.165) is 65.9 Å². The maximum Gasteiger partial charge on any atom is 0.251 e. The molecule has 2 aliphatic rings. The lowest BCUT2D eigenvalue weighted by molar-refractivity contribution is 0.0943. The molecule has 0 radical (unpaired) electrons. The Bertz CT molecular complexity index is 1510. The monoisotopic (exact) mass is 607 g/mol. The van der Waals surface area contributed by atoms with Crippen LogP contribution >= 0.6 is 0 Å². The Balaban J connectivity index is 1.55. The number of H-pyrrole nitrogens is 1. The molecule has 0 saturated carbocycles. The van der Waals surface area contributed by atoms with Crippen LogP contribution in [0.15, 0.2) is 55.3 Å². The highest BCUT2D eigenvalue weighted by Crippen LogP contribution is 2.46. The number of tetrazole rings is 1. The molecule has 0 spiro atoms. The molecule has 10 nitrogen and oxygen atoms in total. The minimum Gasteiger partial charge on any atom is -0.383 e. The van der Waals surface area contributed by atoms with Crippen LogP contribution in [0.3, 0.4) is 0 Å². The molecule has 2 heterocycles. The third-order valence-corrected chi connectivity index (χ3v) is 8.85. The van der Waals surface area contributed by atoms with Crippen LogP contribution in [0.5, 0.6) is 0 Å². The standard InChI is InChI=1S/C35H45N9O/c1-22(2)38-25(6)26-11-13-31-27(18-26)9-10-28-19-29(33(45)39-23(3)4)12-14-32(28)35(31,34-40-42-43-41-34)15-16-37-21-24(5)44-17-7-8-30(44)20-36/h11-14,18-19,22-23,30,37-38H,5-10,15-17,21H2,1-4H3,(H,39,45)(H,40,41,42,43). The van der Waals surface area contributed by atoms with Crippen LogP contribution in [-0.2, 0) is 18.3 Å². The lowest BCUT2D eigenvalue weighted by Gasteiger charge is -2.35. The fourth-order valence-electron chi connectivity index (χ4n) is 6.83. The molecule has 1 aliphatic heterocycles. The molecular weight excluding hydrogens is 562 g/mol. The van der Waals surface area contributed by atoms with E-state index >= 15 is 0 Å². The first-order chi connectivity index (χ1) is 21.6. The second-order valence-electron chi connectivity index (χ2n) is 12.8. The van der Waals surface area contributed by atoms with E-state index in [0.29, 0.717) is 30.9 Å². The molecule has 236 valence electrons. The van der Waals surface area contributed by atoms with Crippen molar-refractivity contribution >= 4 is 11.6 Å². The molecule has 1 fully saturated rings. The molecule has 5 rings (SSSR count). The SMILES string of the molecule is C=C(NC(C)C)c1ccc2c(c1)CCc1cc(C(=O)NC(C)C)ccc1C2(CCNCC(=C)N1CCCC1C#N)c1nnn[nH]1. The number of nitriles is 1. The molecule has 1 aliphatic carbocycles. The van der Waals surface area contributed by atoms with Crippen molar-refractivity contribution in [2.45, 2.75) is 83.3 Å². The zero-order valence-corrected chi connectivity index (χ0v) is 26.9. The number of aryl methyl sites for hydroxylation is 2. The lowest BCUT2D eigenvalue weighted by atomic mass is 9.69. The first kappa shape index (κ1) is 31.9. The Morgan fingerprint density at radius 2 is 1.73 bits per heavy atom. The van der Waals surface area contributed by atoms with Gasteiger partial charge in [-0.05, 0) is 123 Å². The number of hydrogen-bond acceptors (Lipinski definition) is 8. The van der Waals surface area contributed by atoms with Crippen LogP contribution in [-0.4, -0.2) is 69.2 Å². The number of nitrogens with zero attached hydrogens (tertiary/aromatic N) is 5. The van der Waals surface area contributed by atoms with E-state index in [4.69, 9.17) is 0 Å². The Labute approximate surface area is 266 Å².